The van der Waals surface area contributed by atoms with Gasteiger partial charge in [0.1, 0.15) is 5.82 Å². The predicted octanol–water partition coefficient (Wildman–Crippen LogP) is 4.48. The van der Waals surface area contributed by atoms with Crippen LogP contribution < -0.4 is 4.90 Å². The summed E-state index contributed by atoms with van der Waals surface area (Å²) in [5.41, 5.74) is 4.20. The molecule has 0 atom stereocenters. The van der Waals surface area contributed by atoms with Crippen LogP contribution in [0.25, 0.3) is 22.4 Å². The van der Waals surface area contributed by atoms with Gasteiger partial charge in [-0.2, -0.15) is 0 Å². The molecule has 4 rings (SSSR count). The average molecular weight is 298 g/mol. The van der Waals surface area contributed by atoms with E-state index in [2.05, 4.69) is 27.0 Å². The fourth-order valence-corrected chi connectivity index (χ4v) is 3.15. The van der Waals surface area contributed by atoms with Crippen LogP contribution in [-0.2, 0) is 0 Å². The fourth-order valence-electron chi connectivity index (χ4n) is 2.95. The molecule has 0 saturated carbocycles. The fraction of sp³-hybridized carbons (Fsp3) is 0.235. The first-order valence-electron chi connectivity index (χ1n) is 7.31. The van der Waals surface area contributed by atoms with Crippen LogP contribution in [-0.4, -0.2) is 23.1 Å². The SMILES string of the molecule is Clc1ccc(N2CCCC2)cc1-c1nc2ccccc2[nH]1. The molecule has 1 fully saturated rings. The third kappa shape index (κ3) is 2.28. The van der Waals surface area contributed by atoms with Crippen molar-refractivity contribution in [2.75, 3.05) is 18.0 Å². The summed E-state index contributed by atoms with van der Waals surface area (Å²) >= 11 is 6.39. The molecule has 2 aromatic carbocycles. The molecule has 4 heteroatoms. The molecule has 21 heavy (non-hydrogen) atoms. The standard InChI is InChI=1S/C17H16ClN3/c18-14-8-7-12(21-9-3-4-10-21)11-13(14)17-19-15-5-1-2-6-16(15)20-17/h1-2,5-8,11H,3-4,9-10H2,(H,19,20). The number of H-pyrrole nitrogens is 1. The molecule has 1 N–H and O–H groups in total. The lowest BCUT2D eigenvalue weighted by molar-refractivity contribution is 0.949. The van der Waals surface area contributed by atoms with Gasteiger partial charge in [-0.25, -0.2) is 4.98 Å². The van der Waals surface area contributed by atoms with E-state index in [0.717, 1.165) is 40.5 Å². The molecular weight excluding hydrogens is 282 g/mol. The minimum absolute atomic E-state index is 0.733. The summed E-state index contributed by atoms with van der Waals surface area (Å²) in [6.07, 6.45) is 2.53. The Hall–Kier alpha value is -2.00. The van der Waals surface area contributed by atoms with Crippen molar-refractivity contribution >= 4 is 28.3 Å². The van der Waals surface area contributed by atoms with Crippen LogP contribution in [0.1, 0.15) is 12.8 Å². The summed E-state index contributed by atoms with van der Waals surface area (Å²) in [5, 5.41) is 0.733. The first-order valence-corrected chi connectivity index (χ1v) is 7.69. The largest absolute Gasteiger partial charge is 0.372 e. The average Bonchev–Trinajstić information content (AvgIpc) is 3.17. The Kier molecular flexibility index (Phi) is 3.08. The maximum absolute atomic E-state index is 6.39. The van der Waals surface area contributed by atoms with Crippen LogP contribution in [0.2, 0.25) is 5.02 Å². The number of hydrogen-bond donors (Lipinski definition) is 1. The topological polar surface area (TPSA) is 31.9 Å². The molecule has 1 saturated heterocycles. The zero-order valence-corrected chi connectivity index (χ0v) is 12.4. The highest BCUT2D eigenvalue weighted by Crippen LogP contribution is 2.32. The summed E-state index contributed by atoms with van der Waals surface area (Å²) in [7, 11) is 0. The van der Waals surface area contributed by atoms with Gasteiger partial charge in [-0.05, 0) is 43.2 Å². The third-order valence-corrected chi connectivity index (χ3v) is 4.40. The minimum Gasteiger partial charge on any atom is -0.372 e. The van der Waals surface area contributed by atoms with Crippen molar-refractivity contribution in [1.82, 2.24) is 9.97 Å². The van der Waals surface area contributed by atoms with Crippen LogP contribution in [0.4, 0.5) is 5.69 Å². The van der Waals surface area contributed by atoms with Gasteiger partial charge in [0.05, 0.1) is 16.1 Å². The van der Waals surface area contributed by atoms with Crippen molar-refractivity contribution in [2.24, 2.45) is 0 Å². The number of benzene rings is 2. The quantitative estimate of drug-likeness (QED) is 0.756. The van der Waals surface area contributed by atoms with Crippen molar-refractivity contribution in [2.45, 2.75) is 12.8 Å². The molecule has 0 unspecified atom stereocenters. The number of rotatable bonds is 2. The van der Waals surface area contributed by atoms with E-state index in [9.17, 15) is 0 Å². The van der Waals surface area contributed by atoms with E-state index in [1.165, 1.54) is 18.5 Å². The number of hydrogen-bond acceptors (Lipinski definition) is 2. The lowest BCUT2D eigenvalue weighted by Gasteiger charge is -2.18. The van der Waals surface area contributed by atoms with Gasteiger partial charge in [0.2, 0.25) is 0 Å². The molecule has 1 aliphatic heterocycles. The van der Waals surface area contributed by atoms with E-state index in [1.54, 1.807) is 0 Å². The van der Waals surface area contributed by atoms with Crippen molar-refractivity contribution in [1.29, 1.82) is 0 Å². The maximum Gasteiger partial charge on any atom is 0.140 e. The molecule has 0 bridgehead atoms. The van der Waals surface area contributed by atoms with E-state index >= 15 is 0 Å². The van der Waals surface area contributed by atoms with Gasteiger partial charge in [-0.3, -0.25) is 0 Å². The first-order chi connectivity index (χ1) is 10.3. The molecule has 1 aromatic heterocycles. The summed E-state index contributed by atoms with van der Waals surface area (Å²) < 4.78 is 0. The van der Waals surface area contributed by atoms with Gasteiger partial charge in [-0.15, -0.1) is 0 Å². The zero-order valence-electron chi connectivity index (χ0n) is 11.6. The van der Waals surface area contributed by atoms with Gasteiger partial charge in [0.25, 0.3) is 0 Å². The summed E-state index contributed by atoms with van der Waals surface area (Å²) in [6, 6.07) is 14.3. The van der Waals surface area contributed by atoms with Crippen molar-refractivity contribution in [3.05, 3.63) is 47.5 Å². The van der Waals surface area contributed by atoms with Gasteiger partial charge < -0.3 is 9.88 Å². The van der Waals surface area contributed by atoms with E-state index in [0.29, 0.717) is 0 Å². The molecule has 3 nitrogen and oxygen atoms in total. The Morgan fingerprint density at radius 3 is 2.67 bits per heavy atom. The number of nitrogens with one attached hydrogen (secondary N) is 1. The van der Waals surface area contributed by atoms with Crippen LogP contribution in [0, 0.1) is 0 Å². The van der Waals surface area contributed by atoms with E-state index in [1.807, 2.05) is 30.3 Å². The Labute approximate surface area is 128 Å². The minimum atomic E-state index is 0.733. The molecule has 0 aliphatic carbocycles. The predicted molar refractivity (Wildman–Crippen MR) is 88.0 cm³/mol. The number of halogens is 1. The number of nitrogens with zero attached hydrogens (tertiary/aromatic N) is 2. The Morgan fingerprint density at radius 1 is 1.05 bits per heavy atom. The number of para-hydroxylation sites is 2. The van der Waals surface area contributed by atoms with Crippen molar-refractivity contribution in [3.8, 4) is 11.4 Å². The summed E-state index contributed by atoms with van der Waals surface area (Å²) in [5.74, 6) is 0.835. The van der Waals surface area contributed by atoms with Crippen LogP contribution in [0.5, 0.6) is 0 Å². The smallest absolute Gasteiger partial charge is 0.140 e. The molecule has 0 amide bonds. The second-order valence-corrected chi connectivity index (χ2v) is 5.87. The van der Waals surface area contributed by atoms with Gasteiger partial charge in [0, 0.05) is 24.3 Å². The lowest BCUT2D eigenvalue weighted by atomic mass is 10.1. The van der Waals surface area contributed by atoms with Crippen molar-refractivity contribution < 1.29 is 0 Å². The number of aromatic nitrogens is 2. The Balaban J connectivity index is 1.80. The second-order valence-electron chi connectivity index (χ2n) is 5.46. The molecule has 1 aliphatic rings. The highest BCUT2D eigenvalue weighted by molar-refractivity contribution is 6.33. The second kappa shape index (κ2) is 5.08. The van der Waals surface area contributed by atoms with E-state index in [4.69, 9.17) is 11.6 Å². The van der Waals surface area contributed by atoms with Crippen LogP contribution in [0.15, 0.2) is 42.5 Å². The maximum atomic E-state index is 6.39. The zero-order chi connectivity index (χ0) is 14.2. The number of fused-ring (bicyclic) bond motifs is 1. The van der Waals surface area contributed by atoms with E-state index < -0.39 is 0 Å². The van der Waals surface area contributed by atoms with Crippen LogP contribution >= 0.6 is 11.6 Å². The highest BCUT2D eigenvalue weighted by Gasteiger charge is 2.15. The van der Waals surface area contributed by atoms with Gasteiger partial charge in [-0.1, -0.05) is 23.7 Å². The van der Waals surface area contributed by atoms with E-state index in [-0.39, 0.29) is 0 Å². The normalized spacial score (nSPS) is 15.0. The molecule has 0 spiro atoms. The number of imidazole rings is 1. The summed E-state index contributed by atoms with van der Waals surface area (Å²) in [6.45, 7) is 2.25. The molecule has 0 radical (unpaired) electrons. The third-order valence-electron chi connectivity index (χ3n) is 4.07. The highest BCUT2D eigenvalue weighted by atomic mass is 35.5. The molecular formula is C17H16ClN3. The number of anilines is 1. The molecule has 106 valence electrons. The van der Waals surface area contributed by atoms with Crippen LogP contribution in [0.3, 0.4) is 0 Å². The lowest BCUT2D eigenvalue weighted by Crippen LogP contribution is -2.17. The molecule has 2 heterocycles. The number of aromatic amines is 1. The Morgan fingerprint density at radius 2 is 1.86 bits per heavy atom. The first kappa shape index (κ1) is 12.7. The van der Waals surface area contributed by atoms with Crippen molar-refractivity contribution in [3.63, 3.8) is 0 Å². The monoisotopic (exact) mass is 297 g/mol. The summed E-state index contributed by atoms with van der Waals surface area (Å²) in [4.78, 5) is 10.4. The molecule has 3 aromatic rings. The Bertz CT molecular complexity index is 755. The van der Waals surface area contributed by atoms with Gasteiger partial charge in [0.15, 0.2) is 0 Å². The van der Waals surface area contributed by atoms with Gasteiger partial charge >= 0.3 is 0 Å².